The van der Waals surface area contributed by atoms with E-state index in [0.717, 1.165) is 17.5 Å². The van der Waals surface area contributed by atoms with Crippen LogP contribution in [0.3, 0.4) is 0 Å². The molecule has 1 aromatic carbocycles. The fourth-order valence-corrected chi connectivity index (χ4v) is 1.74. The van der Waals surface area contributed by atoms with Crippen molar-refractivity contribution in [2.24, 2.45) is 5.73 Å². The highest BCUT2D eigenvalue weighted by atomic mass is 16.1. The molecule has 18 heavy (non-hydrogen) atoms. The van der Waals surface area contributed by atoms with Gasteiger partial charge in [-0.3, -0.25) is 4.79 Å². The van der Waals surface area contributed by atoms with Gasteiger partial charge < -0.3 is 16.0 Å². The molecule has 4 N–H and O–H groups in total. The maximum absolute atomic E-state index is 11.9. The van der Waals surface area contributed by atoms with Gasteiger partial charge >= 0.3 is 0 Å². The van der Waals surface area contributed by atoms with Gasteiger partial charge in [0.2, 0.25) is 0 Å². The Morgan fingerprint density at radius 3 is 2.56 bits per heavy atom. The Morgan fingerprint density at radius 1 is 1.17 bits per heavy atom. The molecule has 2 aromatic rings. The average Bonchev–Trinajstić information content (AvgIpc) is 2.90. The number of amides is 1. The number of benzene rings is 1. The van der Waals surface area contributed by atoms with E-state index >= 15 is 0 Å². The molecular formula is C14H17N3O. The third-order valence-corrected chi connectivity index (χ3v) is 2.76. The summed E-state index contributed by atoms with van der Waals surface area (Å²) in [5.41, 5.74) is 8.36. The van der Waals surface area contributed by atoms with Crippen molar-refractivity contribution in [3.63, 3.8) is 0 Å². The fourth-order valence-electron chi connectivity index (χ4n) is 1.74. The molecule has 4 nitrogen and oxygen atoms in total. The lowest BCUT2D eigenvalue weighted by molar-refractivity contribution is 0.0951. The van der Waals surface area contributed by atoms with Crippen molar-refractivity contribution >= 4 is 5.91 Å². The lowest BCUT2D eigenvalue weighted by atomic mass is 10.1. The van der Waals surface area contributed by atoms with Crippen LogP contribution < -0.4 is 11.1 Å². The predicted octanol–water partition coefficient (Wildman–Crippen LogP) is 1.45. The van der Waals surface area contributed by atoms with E-state index in [1.165, 1.54) is 0 Å². The molecular weight excluding hydrogens is 226 g/mol. The zero-order valence-corrected chi connectivity index (χ0v) is 10.1. The molecule has 94 valence electrons. The summed E-state index contributed by atoms with van der Waals surface area (Å²) in [5.74, 6) is -0.0597. The Bertz CT molecular complexity index is 488. The summed E-state index contributed by atoms with van der Waals surface area (Å²) in [6.07, 6.45) is 4.54. The van der Waals surface area contributed by atoms with Crippen LogP contribution in [-0.2, 0) is 13.0 Å². The van der Waals surface area contributed by atoms with Crippen LogP contribution in [0.4, 0.5) is 0 Å². The second-order valence-corrected chi connectivity index (χ2v) is 4.14. The summed E-state index contributed by atoms with van der Waals surface area (Å²) in [4.78, 5) is 14.8. The number of aromatic amines is 1. The summed E-state index contributed by atoms with van der Waals surface area (Å²) in [6.45, 7) is 1.16. The van der Waals surface area contributed by atoms with Gasteiger partial charge in [0.15, 0.2) is 0 Å². The van der Waals surface area contributed by atoms with Crippen molar-refractivity contribution < 1.29 is 4.79 Å². The normalized spacial score (nSPS) is 10.3. The Labute approximate surface area is 106 Å². The zero-order valence-electron chi connectivity index (χ0n) is 10.1. The molecule has 0 unspecified atom stereocenters. The number of hydrogen-bond acceptors (Lipinski definition) is 2. The van der Waals surface area contributed by atoms with E-state index < -0.39 is 0 Å². The molecule has 4 heteroatoms. The van der Waals surface area contributed by atoms with Crippen LogP contribution in [0.25, 0.3) is 0 Å². The first kappa shape index (κ1) is 12.4. The SMILES string of the molecule is NCCc1ccc(C(=O)NCc2cc[nH]c2)cc1. The van der Waals surface area contributed by atoms with Crippen molar-refractivity contribution in [2.75, 3.05) is 6.54 Å². The lowest BCUT2D eigenvalue weighted by Gasteiger charge is -2.05. The molecule has 0 bridgehead atoms. The monoisotopic (exact) mass is 243 g/mol. The number of rotatable bonds is 5. The highest BCUT2D eigenvalue weighted by molar-refractivity contribution is 5.94. The van der Waals surface area contributed by atoms with Crippen molar-refractivity contribution in [1.82, 2.24) is 10.3 Å². The van der Waals surface area contributed by atoms with Gasteiger partial charge in [0.1, 0.15) is 0 Å². The number of carbonyl (C=O) groups is 1. The Morgan fingerprint density at radius 2 is 1.94 bits per heavy atom. The van der Waals surface area contributed by atoms with Gasteiger partial charge in [-0.05, 0) is 42.3 Å². The standard InChI is InChI=1S/C14H17N3O/c15-7-5-11-1-3-13(4-2-11)14(18)17-10-12-6-8-16-9-12/h1-4,6,8-9,16H,5,7,10,15H2,(H,17,18). The van der Waals surface area contributed by atoms with Crippen molar-refractivity contribution in [2.45, 2.75) is 13.0 Å². The average molecular weight is 243 g/mol. The highest BCUT2D eigenvalue weighted by Gasteiger charge is 2.04. The molecule has 0 aliphatic rings. The van der Waals surface area contributed by atoms with E-state index in [9.17, 15) is 4.79 Å². The molecule has 1 aromatic heterocycles. The third kappa shape index (κ3) is 3.21. The molecule has 0 radical (unpaired) electrons. The fraction of sp³-hybridized carbons (Fsp3) is 0.214. The van der Waals surface area contributed by atoms with Crippen LogP contribution in [0.15, 0.2) is 42.7 Å². The van der Waals surface area contributed by atoms with E-state index in [0.29, 0.717) is 18.7 Å². The van der Waals surface area contributed by atoms with E-state index in [1.54, 1.807) is 0 Å². The highest BCUT2D eigenvalue weighted by Crippen LogP contribution is 2.05. The molecule has 0 saturated carbocycles. The van der Waals surface area contributed by atoms with Crippen LogP contribution >= 0.6 is 0 Å². The molecule has 0 aliphatic heterocycles. The Kier molecular flexibility index (Phi) is 4.15. The summed E-state index contributed by atoms with van der Waals surface area (Å²) in [6, 6.07) is 9.48. The van der Waals surface area contributed by atoms with Gasteiger partial charge in [0, 0.05) is 24.5 Å². The summed E-state index contributed by atoms with van der Waals surface area (Å²) >= 11 is 0. The van der Waals surface area contributed by atoms with Gasteiger partial charge in [0.05, 0.1) is 0 Å². The first-order valence-electron chi connectivity index (χ1n) is 5.98. The number of H-pyrrole nitrogens is 1. The van der Waals surface area contributed by atoms with Crippen LogP contribution in [0.5, 0.6) is 0 Å². The van der Waals surface area contributed by atoms with Crippen LogP contribution in [-0.4, -0.2) is 17.4 Å². The van der Waals surface area contributed by atoms with E-state index in [1.807, 2.05) is 42.7 Å². The number of hydrogen-bond donors (Lipinski definition) is 3. The van der Waals surface area contributed by atoms with Gasteiger partial charge in [-0.25, -0.2) is 0 Å². The minimum atomic E-state index is -0.0597. The first-order chi connectivity index (χ1) is 8.79. The number of aromatic nitrogens is 1. The van der Waals surface area contributed by atoms with Crippen LogP contribution in [0, 0.1) is 0 Å². The summed E-state index contributed by atoms with van der Waals surface area (Å²) < 4.78 is 0. The molecule has 0 atom stereocenters. The molecule has 0 fully saturated rings. The van der Waals surface area contributed by atoms with Crippen molar-refractivity contribution in [1.29, 1.82) is 0 Å². The summed E-state index contributed by atoms with van der Waals surface area (Å²) in [5, 5.41) is 2.87. The lowest BCUT2D eigenvalue weighted by Crippen LogP contribution is -2.22. The van der Waals surface area contributed by atoms with Gasteiger partial charge in [-0.15, -0.1) is 0 Å². The quantitative estimate of drug-likeness (QED) is 0.743. The minimum absolute atomic E-state index is 0.0597. The van der Waals surface area contributed by atoms with Crippen LogP contribution in [0.2, 0.25) is 0 Å². The molecule has 0 spiro atoms. The maximum atomic E-state index is 11.9. The van der Waals surface area contributed by atoms with Crippen molar-refractivity contribution in [3.05, 3.63) is 59.4 Å². The maximum Gasteiger partial charge on any atom is 0.251 e. The Hall–Kier alpha value is -2.07. The second-order valence-electron chi connectivity index (χ2n) is 4.14. The number of nitrogens with two attached hydrogens (primary N) is 1. The second kappa shape index (κ2) is 6.02. The van der Waals surface area contributed by atoms with Gasteiger partial charge in [0.25, 0.3) is 5.91 Å². The number of carbonyl (C=O) groups excluding carboxylic acids is 1. The Balaban J connectivity index is 1.92. The molecule has 1 heterocycles. The molecule has 0 aliphatic carbocycles. The number of nitrogens with one attached hydrogen (secondary N) is 2. The smallest absolute Gasteiger partial charge is 0.251 e. The van der Waals surface area contributed by atoms with Gasteiger partial charge in [-0.2, -0.15) is 0 Å². The van der Waals surface area contributed by atoms with E-state index in [-0.39, 0.29) is 5.91 Å². The van der Waals surface area contributed by atoms with Crippen LogP contribution in [0.1, 0.15) is 21.5 Å². The topological polar surface area (TPSA) is 70.9 Å². The first-order valence-corrected chi connectivity index (χ1v) is 5.98. The van der Waals surface area contributed by atoms with Gasteiger partial charge in [-0.1, -0.05) is 12.1 Å². The third-order valence-electron chi connectivity index (χ3n) is 2.76. The predicted molar refractivity (Wildman–Crippen MR) is 71.2 cm³/mol. The molecule has 0 saturated heterocycles. The molecule has 1 amide bonds. The van der Waals surface area contributed by atoms with E-state index in [2.05, 4.69) is 10.3 Å². The largest absolute Gasteiger partial charge is 0.367 e. The van der Waals surface area contributed by atoms with E-state index in [4.69, 9.17) is 5.73 Å². The minimum Gasteiger partial charge on any atom is -0.367 e. The van der Waals surface area contributed by atoms with Crippen molar-refractivity contribution in [3.8, 4) is 0 Å². The summed E-state index contributed by atoms with van der Waals surface area (Å²) in [7, 11) is 0. The zero-order chi connectivity index (χ0) is 12.8. The molecule has 2 rings (SSSR count).